The minimum Gasteiger partial charge on any atom is -0.367 e. The lowest BCUT2D eigenvalue weighted by molar-refractivity contribution is 0.512. The van der Waals surface area contributed by atoms with Gasteiger partial charge in [-0.15, -0.1) is 0 Å². The summed E-state index contributed by atoms with van der Waals surface area (Å²) in [6.45, 7) is 3.02. The van der Waals surface area contributed by atoms with Gasteiger partial charge in [-0.3, -0.25) is 0 Å². The van der Waals surface area contributed by atoms with Crippen LogP contribution in [-0.2, 0) is 6.54 Å². The van der Waals surface area contributed by atoms with Gasteiger partial charge in [-0.25, -0.2) is 4.68 Å². The molecule has 4 heteroatoms. The first-order valence-corrected chi connectivity index (χ1v) is 4.03. The quantitative estimate of drug-likeness (QED) is 0.618. The second-order valence-electron chi connectivity index (χ2n) is 3.08. The number of rotatable bonds is 0. The van der Waals surface area contributed by atoms with Gasteiger partial charge in [0.2, 0.25) is 0 Å². The van der Waals surface area contributed by atoms with E-state index >= 15 is 0 Å². The van der Waals surface area contributed by atoms with Gasteiger partial charge in [-0.1, -0.05) is 0 Å². The predicted molar refractivity (Wildman–Crippen MR) is 44.6 cm³/mol. The fraction of sp³-hybridized carbons (Fsp3) is 0.500. The molecule has 1 aliphatic heterocycles. The Morgan fingerprint density at radius 3 is 3.42 bits per heavy atom. The average molecular weight is 162 g/mol. The van der Waals surface area contributed by atoms with E-state index < -0.39 is 0 Å². The monoisotopic (exact) mass is 162 g/mol. The van der Waals surface area contributed by atoms with Gasteiger partial charge in [0.05, 0.1) is 6.20 Å². The maximum Gasteiger partial charge on any atom is 0.142 e. The van der Waals surface area contributed by atoms with Gasteiger partial charge in [-0.05, 0) is 13.3 Å². The molecule has 1 N–H and O–H groups in total. The average Bonchev–Trinajstić information content (AvgIpc) is 2.46. The topological polar surface area (TPSA) is 53.6 Å². The zero-order valence-corrected chi connectivity index (χ0v) is 6.91. The molecule has 1 aromatic heterocycles. The van der Waals surface area contributed by atoms with E-state index in [4.69, 9.17) is 5.26 Å². The van der Waals surface area contributed by atoms with Crippen molar-refractivity contribution in [1.82, 2.24) is 9.78 Å². The molecule has 0 radical (unpaired) electrons. The van der Waals surface area contributed by atoms with E-state index in [9.17, 15) is 0 Å². The van der Waals surface area contributed by atoms with Crippen molar-refractivity contribution in [3.63, 3.8) is 0 Å². The van der Waals surface area contributed by atoms with Crippen molar-refractivity contribution in [3.8, 4) is 6.07 Å². The lowest BCUT2D eigenvalue weighted by atomic mass is 10.2. The van der Waals surface area contributed by atoms with Crippen LogP contribution in [-0.4, -0.2) is 15.8 Å². The molecule has 2 heterocycles. The van der Waals surface area contributed by atoms with Crippen LogP contribution < -0.4 is 5.32 Å². The zero-order chi connectivity index (χ0) is 8.55. The molecule has 0 spiro atoms. The fourth-order valence-electron chi connectivity index (χ4n) is 1.41. The summed E-state index contributed by atoms with van der Waals surface area (Å²) in [5, 5.41) is 16.1. The van der Waals surface area contributed by atoms with Gasteiger partial charge in [0.25, 0.3) is 0 Å². The molecule has 12 heavy (non-hydrogen) atoms. The van der Waals surface area contributed by atoms with Crippen LogP contribution in [0.3, 0.4) is 0 Å². The standard InChI is InChI=1S/C8H10N4/c1-6-2-3-12-8(11-6)7(4-9)5-10-12/h5-6,11H,2-3H2,1H3. The van der Waals surface area contributed by atoms with Crippen molar-refractivity contribution in [3.05, 3.63) is 11.8 Å². The summed E-state index contributed by atoms with van der Waals surface area (Å²) in [6, 6.07) is 2.56. The number of aryl methyl sites for hydroxylation is 1. The Morgan fingerprint density at radius 2 is 2.67 bits per heavy atom. The third kappa shape index (κ3) is 0.944. The summed E-state index contributed by atoms with van der Waals surface area (Å²) < 4.78 is 1.85. The molecular formula is C8H10N4. The number of anilines is 1. The first-order chi connectivity index (χ1) is 5.81. The van der Waals surface area contributed by atoms with E-state index in [0.717, 1.165) is 18.8 Å². The van der Waals surface area contributed by atoms with Gasteiger partial charge in [-0.2, -0.15) is 10.4 Å². The Balaban J connectivity index is 2.42. The summed E-state index contributed by atoms with van der Waals surface area (Å²) in [5.41, 5.74) is 0.640. The summed E-state index contributed by atoms with van der Waals surface area (Å²) in [4.78, 5) is 0. The highest BCUT2D eigenvalue weighted by Gasteiger charge is 2.17. The van der Waals surface area contributed by atoms with Gasteiger partial charge in [0.15, 0.2) is 0 Å². The van der Waals surface area contributed by atoms with Crippen LogP contribution in [0.25, 0.3) is 0 Å². The Hall–Kier alpha value is -1.50. The molecule has 1 atom stereocenters. The molecular weight excluding hydrogens is 152 g/mol. The van der Waals surface area contributed by atoms with E-state index in [1.807, 2.05) is 4.68 Å². The third-order valence-corrected chi connectivity index (χ3v) is 2.12. The van der Waals surface area contributed by atoms with Crippen molar-refractivity contribution in [2.24, 2.45) is 0 Å². The summed E-state index contributed by atoms with van der Waals surface area (Å²) >= 11 is 0. The number of aromatic nitrogens is 2. The molecule has 1 aliphatic rings. The van der Waals surface area contributed by atoms with E-state index in [0.29, 0.717) is 11.6 Å². The highest BCUT2D eigenvalue weighted by atomic mass is 15.3. The number of nitriles is 1. The second kappa shape index (κ2) is 2.52. The van der Waals surface area contributed by atoms with Crippen molar-refractivity contribution in [2.75, 3.05) is 5.32 Å². The lowest BCUT2D eigenvalue weighted by Gasteiger charge is -2.22. The largest absolute Gasteiger partial charge is 0.367 e. The van der Waals surface area contributed by atoms with Crippen LogP contribution in [0.1, 0.15) is 18.9 Å². The molecule has 0 bridgehead atoms. The van der Waals surface area contributed by atoms with Gasteiger partial charge >= 0.3 is 0 Å². The highest BCUT2D eigenvalue weighted by molar-refractivity contribution is 5.52. The van der Waals surface area contributed by atoms with Crippen molar-refractivity contribution in [2.45, 2.75) is 25.9 Å². The first-order valence-electron chi connectivity index (χ1n) is 4.03. The number of nitrogens with one attached hydrogen (secondary N) is 1. The van der Waals surface area contributed by atoms with Crippen LogP contribution in [0.4, 0.5) is 5.82 Å². The van der Waals surface area contributed by atoms with E-state index in [2.05, 4.69) is 23.4 Å². The number of hydrogen-bond acceptors (Lipinski definition) is 3. The van der Waals surface area contributed by atoms with E-state index in [1.54, 1.807) is 6.20 Å². The second-order valence-corrected chi connectivity index (χ2v) is 3.08. The van der Waals surface area contributed by atoms with Crippen LogP contribution in [0.15, 0.2) is 6.20 Å². The fourth-order valence-corrected chi connectivity index (χ4v) is 1.41. The normalized spacial score (nSPS) is 20.8. The van der Waals surface area contributed by atoms with Crippen molar-refractivity contribution < 1.29 is 0 Å². The lowest BCUT2D eigenvalue weighted by Crippen LogP contribution is -2.26. The summed E-state index contributed by atoms with van der Waals surface area (Å²) in [5.74, 6) is 0.872. The number of nitrogens with zero attached hydrogens (tertiary/aromatic N) is 3. The molecule has 1 unspecified atom stereocenters. The van der Waals surface area contributed by atoms with Gasteiger partial charge < -0.3 is 5.32 Å². The van der Waals surface area contributed by atoms with E-state index in [1.165, 1.54) is 0 Å². The van der Waals surface area contributed by atoms with Crippen LogP contribution in [0, 0.1) is 11.3 Å². The van der Waals surface area contributed by atoms with Gasteiger partial charge in [0, 0.05) is 12.6 Å². The molecule has 4 nitrogen and oxygen atoms in total. The Bertz CT molecular complexity index is 333. The summed E-state index contributed by atoms with van der Waals surface area (Å²) in [7, 11) is 0. The molecule has 0 amide bonds. The Morgan fingerprint density at radius 1 is 1.83 bits per heavy atom. The maximum atomic E-state index is 8.73. The van der Waals surface area contributed by atoms with Crippen LogP contribution in [0.5, 0.6) is 0 Å². The molecule has 0 fully saturated rings. The van der Waals surface area contributed by atoms with Crippen LogP contribution in [0.2, 0.25) is 0 Å². The van der Waals surface area contributed by atoms with Crippen molar-refractivity contribution >= 4 is 5.82 Å². The molecule has 0 aliphatic carbocycles. The summed E-state index contributed by atoms with van der Waals surface area (Å²) in [6.07, 6.45) is 2.68. The van der Waals surface area contributed by atoms with Crippen LogP contribution >= 0.6 is 0 Å². The minimum absolute atomic E-state index is 0.446. The predicted octanol–water partition coefficient (Wildman–Crippen LogP) is 0.959. The smallest absolute Gasteiger partial charge is 0.142 e. The molecule has 62 valence electrons. The van der Waals surface area contributed by atoms with Crippen molar-refractivity contribution in [1.29, 1.82) is 5.26 Å². The molecule has 0 saturated heterocycles. The first kappa shape index (κ1) is 7.17. The molecule has 0 aromatic carbocycles. The van der Waals surface area contributed by atoms with Gasteiger partial charge in [0.1, 0.15) is 17.5 Å². The Kier molecular flexibility index (Phi) is 1.51. The Labute approximate surface area is 70.8 Å². The van der Waals surface area contributed by atoms with E-state index in [-0.39, 0.29) is 0 Å². The SMILES string of the molecule is CC1CCn2ncc(C#N)c2N1. The highest BCUT2D eigenvalue weighted by Crippen LogP contribution is 2.20. The minimum atomic E-state index is 0.446. The third-order valence-electron chi connectivity index (χ3n) is 2.12. The zero-order valence-electron chi connectivity index (χ0n) is 6.91. The number of hydrogen-bond donors (Lipinski definition) is 1. The molecule has 2 rings (SSSR count). The number of fused-ring (bicyclic) bond motifs is 1. The molecule has 0 saturated carbocycles. The maximum absolute atomic E-state index is 8.73. The molecule has 1 aromatic rings.